The number of ether oxygens (including phenoxy) is 1. The Kier molecular flexibility index (Phi) is 4.67. The van der Waals surface area contributed by atoms with Gasteiger partial charge in [-0.1, -0.05) is 27.9 Å². The maximum atomic E-state index is 9.52. The number of aliphatic hydroxyl groups is 1. The summed E-state index contributed by atoms with van der Waals surface area (Å²) in [6.45, 7) is 3.81. The third-order valence-electron chi connectivity index (χ3n) is 1.90. The molecule has 0 aliphatic rings. The van der Waals surface area contributed by atoms with Gasteiger partial charge in [-0.15, -0.1) is 5.92 Å². The lowest BCUT2D eigenvalue weighted by Gasteiger charge is -2.12. The van der Waals surface area contributed by atoms with E-state index in [9.17, 15) is 5.11 Å². The van der Waals surface area contributed by atoms with Crippen LogP contribution in [0.15, 0.2) is 22.7 Å². The van der Waals surface area contributed by atoms with Crippen molar-refractivity contribution in [1.82, 2.24) is 0 Å². The molecule has 0 fully saturated rings. The molecule has 0 heterocycles. The van der Waals surface area contributed by atoms with E-state index >= 15 is 0 Å². The number of rotatable bonds is 3. The van der Waals surface area contributed by atoms with E-state index in [0.717, 1.165) is 10.0 Å². The Bertz CT molecular complexity index is 388. The zero-order chi connectivity index (χ0) is 11.3. The van der Waals surface area contributed by atoms with Gasteiger partial charge in [0.1, 0.15) is 12.4 Å². The summed E-state index contributed by atoms with van der Waals surface area (Å²) >= 11 is 3.36. The van der Waals surface area contributed by atoms with Crippen LogP contribution in [0.1, 0.15) is 25.5 Å². The van der Waals surface area contributed by atoms with Crippen molar-refractivity contribution in [3.05, 3.63) is 28.2 Å². The summed E-state index contributed by atoms with van der Waals surface area (Å²) in [5.41, 5.74) is 0.774. The van der Waals surface area contributed by atoms with Crippen LogP contribution in [0.4, 0.5) is 0 Å². The minimum Gasteiger partial charge on any atom is -0.481 e. The zero-order valence-electron chi connectivity index (χ0n) is 8.75. The topological polar surface area (TPSA) is 29.5 Å². The van der Waals surface area contributed by atoms with Gasteiger partial charge in [0.15, 0.2) is 0 Å². The van der Waals surface area contributed by atoms with Gasteiger partial charge in [0.2, 0.25) is 0 Å². The van der Waals surface area contributed by atoms with Crippen molar-refractivity contribution in [3.63, 3.8) is 0 Å². The van der Waals surface area contributed by atoms with Gasteiger partial charge in [0.25, 0.3) is 0 Å². The average molecular weight is 269 g/mol. The third-order valence-corrected chi connectivity index (χ3v) is 2.40. The van der Waals surface area contributed by atoms with E-state index in [1.807, 2.05) is 18.2 Å². The van der Waals surface area contributed by atoms with Gasteiger partial charge < -0.3 is 9.84 Å². The van der Waals surface area contributed by atoms with Gasteiger partial charge in [0.05, 0.1) is 6.10 Å². The molecule has 0 spiro atoms. The first-order valence-electron chi connectivity index (χ1n) is 4.65. The standard InChI is InChI=1S/C12H13BrO2/c1-3-4-7-15-12-8-10(13)5-6-11(12)9(2)14/h5-6,8-9,14H,7H2,1-2H3. The van der Waals surface area contributed by atoms with E-state index in [0.29, 0.717) is 12.4 Å². The number of hydrogen-bond donors (Lipinski definition) is 1. The van der Waals surface area contributed by atoms with Crippen LogP contribution >= 0.6 is 15.9 Å². The highest BCUT2D eigenvalue weighted by Crippen LogP contribution is 2.28. The fourth-order valence-electron chi connectivity index (χ4n) is 1.16. The maximum absolute atomic E-state index is 9.52. The molecule has 1 atom stereocenters. The predicted molar refractivity (Wildman–Crippen MR) is 63.7 cm³/mol. The van der Waals surface area contributed by atoms with E-state index in [4.69, 9.17) is 4.74 Å². The highest BCUT2D eigenvalue weighted by atomic mass is 79.9. The quantitative estimate of drug-likeness (QED) is 0.855. The van der Waals surface area contributed by atoms with Crippen molar-refractivity contribution < 1.29 is 9.84 Å². The highest BCUT2D eigenvalue weighted by Gasteiger charge is 2.08. The minimum absolute atomic E-state index is 0.340. The van der Waals surface area contributed by atoms with Crippen LogP contribution in [0.2, 0.25) is 0 Å². The van der Waals surface area contributed by atoms with Gasteiger partial charge in [-0.05, 0) is 26.0 Å². The first-order chi connectivity index (χ1) is 7.15. The molecule has 0 aliphatic heterocycles. The summed E-state index contributed by atoms with van der Waals surface area (Å²) in [4.78, 5) is 0. The van der Waals surface area contributed by atoms with E-state index in [1.165, 1.54) is 0 Å². The minimum atomic E-state index is -0.539. The lowest BCUT2D eigenvalue weighted by atomic mass is 10.1. The molecule has 0 saturated heterocycles. The first-order valence-corrected chi connectivity index (χ1v) is 5.44. The van der Waals surface area contributed by atoms with Crippen LogP contribution in [0, 0.1) is 11.8 Å². The Morgan fingerprint density at radius 1 is 1.53 bits per heavy atom. The van der Waals surface area contributed by atoms with Gasteiger partial charge in [-0.25, -0.2) is 0 Å². The highest BCUT2D eigenvalue weighted by molar-refractivity contribution is 9.10. The summed E-state index contributed by atoms with van der Waals surface area (Å²) in [5.74, 6) is 6.23. The summed E-state index contributed by atoms with van der Waals surface area (Å²) in [5, 5.41) is 9.52. The van der Waals surface area contributed by atoms with E-state index in [-0.39, 0.29) is 0 Å². The predicted octanol–water partition coefficient (Wildman–Crippen LogP) is 2.90. The Hall–Kier alpha value is -0.980. The van der Waals surface area contributed by atoms with Crippen molar-refractivity contribution in [1.29, 1.82) is 0 Å². The maximum Gasteiger partial charge on any atom is 0.149 e. The van der Waals surface area contributed by atoms with Crippen LogP contribution in [0.3, 0.4) is 0 Å². The van der Waals surface area contributed by atoms with E-state index < -0.39 is 6.10 Å². The monoisotopic (exact) mass is 268 g/mol. The number of benzene rings is 1. The van der Waals surface area contributed by atoms with Gasteiger partial charge in [-0.3, -0.25) is 0 Å². The molecule has 1 aromatic carbocycles. The second kappa shape index (κ2) is 5.79. The summed E-state index contributed by atoms with van der Waals surface area (Å²) in [6.07, 6.45) is -0.539. The van der Waals surface area contributed by atoms with E-state index in [2.05, 4.69) is 27.8 Å². The van der Waals surface area contributed by atoms with Crippen molar-refractivity contribution in [2.45, 2.75) is 20.0 Å². The van der Waals surface area contributed by atoms with Crippen LogP contribution in [-0.2, 0) is 0 Å². The smallest absolute Gasteiger partial charge is 0.149 e. The SMILES string of the molecule is CC#CCOc1cc(Br)ccc1C(C)O. The lowest BCUT2D eigenvalue weighted by Crippen LogP contribution is -2.00. The molecule has 3 heteroatoms. The number of aliphatic hydroxyl groups excluding tert-OH is 1. The Balaban J connectivity index is 2.90. The molecule has 0 bridgehead atoms. The van der Waals surface area contributed by atoms with Gasteiger partial charge in [-0.2, -0.15) is 0 Å². The fraction of sp³-hybridized carbons (Fsp3) is 0.333. The molecule has 1 rings (SSSR count). The van der Waals surface area contributed by atoms with Crippen molar-refractivity contribution in [2.24, 2.45) is 0 Å². The molecular formula is C12H13BrO2. The second-order valence-corrected chi connectivity index (χ2v) is 3.99. The normalized spacial score (nSPS) is 11.5. The van der Waals surface area contributed by atoms with E-state index in [1.54, 1.807) is 13.8 Å². The molecule has 80 valence electrons. The third kappa shape index (κ3) is 3.58. The molecule has 1 N–H and O–H groups in total. The van der Waals surface area contributed by atoms with Crippen LogP contribution < -0.4 is 4.74 Å². The molecule has 0 aromatic heterocycles. The molecule has 0 saturated carbocycles. The Labute approximate surface area is 98.4 Å². The average Bonchev–Trinajstić information content (AvgIpc) is 2.18. The zero-order valence-corrected chi connectivity index (χ0v) is 10.3. The molecule has 1 aromatic rings. The molecule has 0 radical (unpaired) electrons. The van der Waals surface area contributed by atoms with Gasteiger partial charge in [0, 0.05) is 10.0 Å². The molecule has 0 aliphatic carbocycles. The Morgan fingerprint density at radius 2 is 2.27 bits per heavy atom. The van der Waals surface area contributed by atoms with Crippen molar-refractivity contribution in [2.75, 3.05) is 6.61 Å². The molecular weight excluding hydrogens is 256 g/mol. The molecule has 2 nitrogen and oxygen atoms in total. The van der Waals surface area contributed by atoms with Crippen molar-refractivity contribution in [3.8, 4) is 17.6 Å². The summed E-state index contributed by atoms with van der Waals surface area (Å²) in [7, 11) is 0. The molecule has 15 heavy (non-hydrogen) atoms. The van der Waals surface area contributed by atoms with Crippen LogP contribution in [0.5, 0.6) is 5.75 Å². The molecule has 1 unspecified atom stereocenters. The van der Waals surface area contributed by atoms with Crippen molar-refractivity contribution >= 4 is 15.9 Å². The van der Waals surface area contributed by atoms with Crippen LogP contribution in [-0.4, -0.2) is 11.7 Å². The first kappa shape index (κ1) is 12.1. The number of hydrogen-bond acceptors (Lipinski definition) is 2. The lowest BCUT2D eigenvalue weighted by molar-refractivity contribution is 0.193. The largest absolute Gasteiger partial charge is 0.481 e. The summed E-state index contributed by atoms with van der Waals surface area (Å²) in [6, 6.07) is 5.54. The summed E-state index contributed by atoms with van der Waals surface area (Å²) < 4.78 is 6.38. The second-order valence-electron chi connectivity index (χ2n) is 3.07. The van der Waals surface area contributed by atoms with Crippen LogP contribution in [0.25, 0.3) is 0 Å². The van der Waals surface area contributed by atoms with Gasteiger partial charge >= 0.3 is 0 Å². The Morgan fingerprint density at radius 3 is 2.87 bits per heavy atom. The number of halogens is 1. The molecule has 0 amide bonds. The fourth-order valence-corrected chi connectivity index (χ4v) is 1.50.